The van der Waals surface area contributed by atoms with Crippen molar-refractivity contribution < 1.29 is 115 Å². The van der Waals surface area contributed by atoms with E-state index in [2.05, 4.69) is 208 Å². The number of ether oxygens (including phenoxy) is 8. The van der Waals surface area contributed by atoms with Crippen molar-refractivity contribution in [2.45, 2.75) is 295 Å². The predicted octanol–water partition coefficient (Wildman–Crippen LogP) is 16.7. The van der Waals surface area contributed by atoms with E-state index in [1.165, 1.54) is 56.9 Å². The second kappa shape index (κ2) is 95.0. The average Bonchev–Trinajstić information content (AvgIpc) is 0.906. The zero-order chi connectivity index (χ0) is 107. The Morgan fingerprint density at radius 2 is 0.594 bits per heavy atom. The van der Waals surface area contributed by atoms with Gasteiger partial charge in [-0.25, -0.2) is 0 Å². The molecular formula is C80H152Br8Cl8N8O24. The maximum Gasteiger partial charge on any atom is 0.326 e. The van der Waals surface area contributed by atoms with Crippen molar-refractivity contribution in [2.75, 3.05) is 113 Å². The highest BCUT2D eigenvalue weighted by Gasteiger charge is 2.31. The quantitative estimate of drug-likeness (QED) is 0.0253. The molecular weight excluding hydrogens is 2380 g/mol. The van der Waals surface area contributed by atoms with Crippen LogP contribution in [0.1, 0.15) is 218 Å². The van der Waals surface area contributed by atoms with Crippen molar-refractivity contribution in [3.05, 3.63) is 0 Å². The van der Waals surface area contributed by atoms with Gasteiger partial charge in [0.25, 0.3) is 0 Å². The molecule has 0 aliphatic rings. The molecule has 0 radical (unpaired) electrons. The normalized spacial score (nSPS) is 13.4. The first-order chi connectivity index (χ1) is 57.7. The molecule has 48 heteroatoms. The molecule has 0 spiro atoms. The molecule has 0 saturated carbocycles. The summed E-state index contributed by atoms with van der Waals surface area (Å²) in [7, 11) is 23.5. The van der Waals surface area contributed by atoms with Crippen LogP contribution in [0, 0.1) is 0 Å². The highest BCUT2D eigenvalue weighted by molar-refractivity contribution is 9.11. The van der Waals surface area contributed by atoms with Crippen LogP contribution in [0.4, 0.5) is 0 Å². The van der Waals surface area contributed by atoms with Gasteiger partial charge in [0.05, 0.1) is 70.9 Å². The molecule has 0 aromatic heterocycles. The van der Waals surface area contributed by atoms with E-state index >= 15 is 0 Å². The van der Waals surface area contributed by atoms with Crippen molar-refractivity contribution in [1.82, 2.24) is 42.5 Å². The van der Waals surface area contributed by atoms with Gasteiger partial charge < -0.3 is 80.4 Å². The van der Waals surface area contributed by atoms with E-state index in [4.69, 9.17) is 92.8 Å². The van der Waals surface area contributed by atoms with E-state index in [0.717, 1.165) is 25.7 Å². The number of rotatable bonds is 24. The third-order valence-corrected chi connectivity index (χ3v) is 21.8. The largest absolute Gasteiger partial charge is 0.468 e. The van der Waals surface area contributed by atoms with Crippen LogP contribution < -0.4 is 42.5 Å². The first-order valence-corrected chi connectivity index (χ1v) is 48.8. The first kappa shape index (κ1) is 162. The summed E-state index contributed by atoms with van der Waals surface area (Å²) in [6.45, 7) is 42.3. The Labute approximate surface area is 872 Å². The number of hydrogen-bond acceptors (Lipinski definition) is 24. The zero-order valence-corrected chi connectivity index (χ0v) is 101. The van der Waals surface area contributed by atoms with Crippen molar-refractivity contribution >= 4 is 315 Å². The van der Waals surface area contributed by atoms with E-state index in [1.807, 2.05) is 62.3 Å². The Bertz CT molecular complexity index is 2610. The third kappa shape index (κ3) is 111. The van der Waals surface area contributed by atoms with Gasteiger partial charge in [-0.2, -0.15) is 0 Å². The molecule has 128 heavy (non-hydrogen) atoms. The third-order valence-electron chi connectivity index (χ3n) is 13.8. The maximum absolute atomic E-state index is 10.9. The number of nitrogens with one attached hydrogen (secondary N) is 8. The van der Waals surface area contributed by atoms with Crippen molar-refractivity contribution in [3.63, 3.8) is 0 Å². The highest BCUT2D eigenvalue weighted by atomic mass is 79.9. The molecule has 0 aliphatic carbocycles. The summed E-state index contributed by atoms with van der Waals surface area (Å²) in [5.41, 5.74) is 0. The minimum Gasteiger partial charge on any atom is -0.468 e. The van der Waals surface area contributed by atoms with Gasteiger partial charge in [-0.3, -0.25) is 76.7 Å². The molecule has 0 rings (SSSR count). The Morgan fingerprint density at radius 3 is 0.656 bits per heavy atom. The summed E-state index contributed by atoms with van der Waals surface area (Å²) in [6.07, 6.45) is 5.67. The SMILES string of the molecule is CCC(Br)C(=O)NC.CCC(Br)C(=O)OC.CCC(C)(Br)C(=O)NC.CCC(C)(Br)C(=O)OC.CCC(C)(Cl)C(=O)NC.CCC(C)(Cl)C(=O)OC.CCC(Cl)C(=O)NC.CCC(Cl)C(=O)OC.CNC(=O)C(C)(C)Br.CNC(=O)C(C)(C)Cl.CNC(=O)C(C)Br.CNC(=O)C(C)Cl.COC(=O)C(C)(C)Br.COC(=O)C(C)(C)Cl.COC(=O)C(C)Br.COC(=O)C(C)Cl. The van der Waals surface area contributed by atoms with E-state index < -0.39 is 54.6 Å². The molecule has 12 atom stereocenters. The van der Waals surface area contributed by atoms with Gasteiger partial charge in [0.1, 0.15) is 63.6 Å². The Hall–Kier alpha value is -2.32. The van der Waals surface area contributed by atoms with Gasteiger partial charge in [0.2, 0.25) is 47.3 Å². The number of carbonyl (C=O) groups excluding carboxylic acids is 16. The second-order valence-corrected chi connectivity index (χ2v) is 45.2. The fourth-order valence-electron chi connectivity index (χ4n) is 4.63. The van der Waals surface area contributed by atoms with Crippen LogP contribution in [0.15, 0.2) is 0 Å². The molecule has 8 N–H and O–H groups in total. The van der Waals surface area contributed by atoms with E-state index in [1.54, 1.807) is 160 Å². The minimum atomic E-state index is -0.880. The van der Waals surface area contributed by atoms with Crippen LogP contribution in [-0.4, -0.2) is 286 Å². The highest BCUT2D eigenvalue weighted by Crippen LogP contribution is 2.24. The summed E-state index contributed by atoms with van der Waals surface area (Å²) >= 11 is 69.3. The lowest BCUT2D eigenvalue weighted by atomic mass is 10.1. The van der Waals surface area contributed by atoms with Crippen molar-refractivity contribution in [3.8, 4) is 0 Å². The van der Waals surface area contributed by atoms with Gasteiger partial charge in [0.15, 0.2) is 0 Å². The Morgan fingerprint density at radius 1 is 0.281 bits per heavy atom. The van der Waals surface area contributed by atoms with Gasteiger partial charge in [-0.15, -0.1) is 92.8 Å². The molecule has 0 heterocycles. The molecule has 0 fully saturated rings. The second-order valence-electron chi connectivity index (χ2n) is 26.9. The predicted molar refractivity (Wildman–Crippen MR) is 552 cm³/mol. The summed E-state index contributed by atoms with van der Waals surface area (Å²) in [5.74, 6) is -2.84. The monoisotopic (exact) mass is 2520 g/mol. The molecule has 8 amide bonds. The molecule has 0 aromatic rings. The van der Waals surface area contributed by atoms with Crippen LogP contribution in [0.3, 0.4) is 0 Å². The van der Waals surface area contributed by atoms with E-state index in [0.29, 0.717) is 25.7 Å². The molecule has 0 aromatic carbocycles. The maximum atomic E-state index is 10.9. The van der Waals surface area contributed by atoms with Gasteiger partial charge in [-0.1, -0.05) is 183 Å². The fraction of sp³-hybridized carbons (Fsp3) is 0.800. The van der Waals surface area contributed by atoms with Crippen LogP contribution in [-0.2, 0) is 115 Å². The van der Waals surface area contributed by atoms with Crippen molar-refractivity contribution in [2.24, 2.45) is 0 Å². The lowest BCUT2D eigenvalue weighted by molar-refractivity contribution is -0.144. The number of methoxy groups -OCH3 is 8. The first-order valence-electron chi connectivity index (χ1n) is 38.7. The molecule has 0 aliphatic heterocycles. The fourth-order valence-corrected chi connectivity index (χ4v) is 6.92. The molecule has 0 saturated heterocycles. The summed E-state index contributed by atoms with van der Waals surface area (Å²) in [5, 5.41) is 18.1. The van der Waals surface area contributed by atoms with E-state index in [-0.39, 0.29) is 118 Å². The van der Waals surface area contributed by atoms with Crippen LogP contribution in [0.2, 0.25) is 0 Å². The smallest absolute Gasteiger partial charge is 0.326 e. The van der Waals surface area contributed by atoms with Crippen molar-refractivity contribution in [1.29, 1.82) is 0 Å². The number of halogens is 16. The van der Waals surface area contributed by atoms with Gasteiger partial charge >= 0.3 is 47.8 Å². The molecule has 768 valence electrons. The minimum absolute atomic E-state index is 0.00231. The standard InChI is InChI=1S/C6H12BrNO.C6H11BrO2.C6H12ClNO.C6H11ClO2.2C5H10BrNO.2C5H9BrO2.2C5H10ClNO.2C5H9ClO2.C4H8BrNO.C4H7BrO2.C4H8ClNO.C4H7ClO2/c1-4-6(2,7)5(9)8-3;1-4-6(2,7)5(8)9-3;1-4-6(2,7)5(9)8-3;1-4-6(2,7)5(8)9-3;1-5(2,6)4(8)7-3;1-3-4(6)5(8)7-2;1-5(2,6)4(7)8-3;1-3-4(6)5(7)8-2;1-5(2,6)4(8)7-3;1-3-4(6)5(8)7-2;1-5(2,6)4(7)8-3;1-3-4(6)5(7)8-2;1-3(5)4(7)6-2;1-3(5)4(6)7-2;1-3(5)4(7)6-2;1-3(5)4(6)7-2/h4H2,1-3H3,(H,8,9);4H2,1-3H3;4H2,1-3H3,(H,8,9);4H2,1-3H3;1-3H3,(H,7,8);4H,3H2,1-2H3,(H,7,8);1-3H3;4H,3H2,1-2H3;1-3H3,(H,7,8);4H,3H2,1-2H3,(H,7,8);1-3H3;4H,3H2,1-2H3;3H,1-2H3,(H,6,7);3H,1-2H3;3H,1-2H3,(H,6,7);3H,1-2H3. The van der Waals surface area contributed by atoms with Crippen LogP contribution in [0.5, 0.6) is 0 Å². The summed E-state index contributed by atoms with van der Waals surface area (Å²) < 4.78 is 33.2. The summed E-state index contributed by atoms with van der Waals surface area (Å²) in [4.78, 5) is 165. The summed E-state index contributed by atoms with van der Waals surface area (Å²) in [6, 6.07) is 0. The van der Waals surface area contributed by atoms with Crippen LogP contribution in [0.25, 0.3) is 0 Å². The lowest BCUT2D eigenvalue weighted by Gasteiger charge is -2.17. The molecule has 12 unspecified atom stereocenters. The number of carbonyl (C=O) groups is 16. The topological polar surface area (TPSA) is 443 Å². The zero-order valence-electron chi connectivity index (χ0n) is 82.1. The Balaban J connectivity index is -0.0000000747. The molecule has 0 bridgehead atoms. The number of esters is 8. The number of alkyl halides is 16. The number of hydrogen-bond donors (Lipinski definition) is 8. The molecule has 32 nitrogen and oxygen atoms in total. The van der Waals surface area contributed by atoms with Gasteiger partial charge in [0, 0.05) is 56.4 Å². The van der Waals surface area contributed by atoms with Gasteiger partial charge in [-0.05, 0) is 162 Å². The lowest BCUT2D eigenvalue weighted by Crippen LogP contribution is -2.37. The van der Waals surface area contributed by atoms with Crippen LogP contribution >= 0.6 is 220 Å². The Kier molecular flexibility index (Phi) is 121. The average molecular weight is 2530 g/mol. The van der Waals surface area contributed by atoms with E-state index in [9.17, 15) is 76.7 Å². The number of amides is 8.